The minimum Gasteiger partial charge on any atom is -0.383 e. The van der Waals surface area contributed by atoms with Crippen molar-refractivity contribution in [1.82, 2.24) is 19.8 Å². The molecular weight excluding hydrogens is 440 g/mol. The number of hydrogen-bond donors (Lipinski definition) is 2. The fraction of sp³-hybridized carbons (Fsp3) is 0.333. The van der Waals surface area contributed by atoms with Crippen LogP contribution in [0.3, 0.4) is 0 Å². The molecule has 3 amide bonds. The topological polar surface area (TPSA) is 104 Å². The Morgan fingerprint density at radius 2 is 1.97 bits per heavy atom. The third-order valence-corrected chi connectivity index (χ3v) is 6.19. The van der Waals surface area contributed by atoms with E-state index in [2.05, 4.69) is 15.3 Å². The van der Waals surface area contributed by atoms with Crippen LogP contribution in [-0.4, -0.2) is 50.3 Å². The van der Waals surface area contributed by atoms with Gasteiger partial charge in [-0.05, 0) is 55.3 Å². The molecule has 1 aliphatic heterocycles. The van der Waals surface area contributed by atoms with Gasteiger partial charge in [-0.2, -0.15) is 0 Å². The third-order valence-electron chi connectivity index (χ3n) is 5.94. The fourth-order valence-electron chi connectivity index (χ4n) is 4.21. The van der Waals surface area contributed by atoms with Crippen LogP contribution >= 0.6 is 11.6 Å². The highest BCUT2D eigenvalue weighted by Crippen LogP contribution is 2.25. The molecule has 3 aromatic rings. The van der Waals surface area contributed by atoms with Crippen molar-refractivity contribution in [3.05, 3.63) is 59.4 Å². The number of fused-ring (bicyclic) bond motifs is 1. The number of nitrogens with zero attached hydrogens (tertiary/aromatic N) is 4. The summed E-state index contributed by atoms with van der Waals surface area (Å²) in [7, 11) is 0. The first-order valence-electron chi connectivity index (χ1n) is 11.0. The van der Waals surface area contributed by atoms with Crippen molar-refractivity contribution < 1.29 is 9.59 Å². The van der Waals surface area contributed by atoms with Crippen LogP contribution < -0.4 is 11.1 Å². The largest absolute Gasteiger partial charge is 0.383 e. The molecule has 1 aromatic heterocycles. The molecule has 0 spiro atoms. The van der Waals surface area contributed by atoms with E-state index in [1.54, 1.807) is 29.2 Å². The van der Waals surface area contributed by atoms with Gasteiger partial charge in [-0.3, -0.25) is 4.79 Å². The van der Waals surface area contributed by atoms with E-state index < -0.39 is 6.04 Å². The molecule has 2 heterocycles. The maximum atomic E-state index is 13.5. The van der Waals surface area contributed by atoms with E-state index in [4.69, 9.17) is 17.3 Å². The molecule has 2 aromatic carbocycles. The van der Waals surface area contributed by atoms with E-state index in [9.17, 15) is 9.59 Å². The number of hydrogen-bond acceptors (Lipinski definition) is 5. The highest BCUT2D eigenvalue weighted by molar-refractivity contribution is 6.30. The zero-order valence-electron chi connectivity index (χ0n) is 18.7. The number of nitrogens with two attached hydrogens (primary N) is 1. The van der Waals surface area contributed by atoms with Crippen molar-refractivity contribution in [2.24, 2.45) is 0 Å². The number of carbonyl (C=O) groups is 2. The van der Waals surface area contributed by atoms with Gasteiger partial charge in [0.1, 0.15) is 18.2 Å². The van der Waals surface area contributed by atoms with Crippen molar-refractivity contribution in [3.8, 4) is 0 Å². The first kappa shape index (κ1) is 22.8. The molecule has 1 aliphatic rings. The van der Waals surface area contributed by atoms with E-state index in [0.29, 0.717) is 36.0 Å². The van der Waals surface area contributed by atoms with Gasteiger partial charge >= 0.3 is 6.03 Å². The van der Waals surface area contributed by atoms with Crippen LogP contribution in [0.2, 0.25) is 5.02 Å². The third kappa shape index (κ3) is 4.85. The number of benzene rings is 2. The molecule has 1 saturated heterocycles. The summed E-state index contributed by atoms with van der Waals surface area (Å²) >= 11 is 5.94. The van der Waals surface area contributed by atoms with Crippen LogP contribution in [0.15, 0.2) is 48.8 Å². The quantitative estimate of drug-likeness (QED) is 0.583. The number of piperazine rings is 1. The molecule has 0 radical (unpaired) electrons. The van der Waals surface area contributed by atoms with Gasteiger partial charge < -0.3 is 20.9 Å². The van der Waals surface area contributed by atoms with Crippen LogP contribution in [-0.2, 0) is 11.3 Å². The summed E-state index contributed by atoms with van der Waals surface area (Å²) in [5.74, 6) is 0.378. The highest BCUT2D eigenvalue weighted by atomic mass is 35.5. The van der Waals surface area contributed by atoms with Gasteiger partial charge in [0.25, 0.3) is 0 Å². The van der Waals surface area contributed by atoms with Gasteiger partial charge in [-0.1, -0.05) is 31.0 Å². The van der Waals surface area contributed by atoms with Crippen LogP contribution in [0.25, 0.3) is 10.9 Å². The Kier molecular flexibility index (Phi) is 6.65. The Hall–Kier alpha value is -3.39. The lowest BCUT2D eigenvalue weighted by Gasteiger charge is -2.44. The zero-order valence-corrected chi connectivity index (χ0v) is 19.4. The van der Waals surface area contributed by atoms with Crippen LogP contribution in [0, 0.1) is 0 Å². The smallest absolute Gasteiger partial charge is 0.322 e. The standard InChI is InChI=1S/C24H27ClN6O2/c1-3-4-21-23(32)30(13-16-5-10-19-20(11-16)27-14-28-22(19)26)15(2)12-31(21)24(33)29-18-8-6-17(25)7-9-18/h5-11,14-15,21H,3-4,12-13H2,1-2H3,(H,29,33)(H2,26,27,28)/t15-,21-/m0/s1. The minimum atomic E-state index is -0.517. The molecule has 8 nitrogen and oxygen atoms in total. The number of nitrogens with one attached hydrogen (secondary N) is 1. The van der Waals surface area contributed by atoms with E-state index in [1.165, 1.54) is 6.33 Å². The number of halogens is 1. The summed E-state index contributed by atoms with van der Waals surface area (Å²) in [6.07, 6.45) is 2.82. The van der Waals surface area contributed by atoms with Crippen molar-refractivity contribution in [2.45, 2.75) is 45.3 Å². The average Bonchev–Trinajstić information content (AvgIpc) is 2.80. The van der Waals surface area contributed by atoms with E-state index in [1.807, 2.05) is 36.9 Å². The second-order valence-electron chi connectivity index (χ2n) is 8.32. The minimum absolute atomic E-state index is 0.0517. The van der Waals surface area contributed by atoms with Crippen molar-refractivity contribution in [1.29, 1.82) is 0 Å². The molecule has 172 valence electrons. The van der Waals surface area contributed by atoms with E-state index >= 15 is 0 Å². The molecule has 9 heteroatoms. The molecule has 4 rings (SSSR count). The first-order chi connectivity index (χ1) is 15.9. The SMILES string of the molecule is CCC[C@H]1C(=O)N(Cc2ccc3c(N)ncnc3c2)[C@@H](C)CN1C(=O)Nc1ccc(Cl)cc1. The predicted octanol–water partition coefficient (Wildman–Crippen LogP) is 4.30. The summed E-state index contributed by atoms with van der Waals surface area (Å²) in [4.78, 5) is 38.4. The van der Waals surface area contributed by atoms with E-state index in [0.717, 1.165) is 22.9 Å². The van der Waals surface area contributed by atoms with Gasteiger partial charge in [0.05, 0.1) is 5.52 Å². The van der Waals surface area contributed by atoms with E-state index in [-0.39, 0.29) is 18.0 Å². The van der Waals surface area contributed by atoms with Gasteiger partial charge in [0, 0.05) is 35.2 Å². The lowest BCUT2D eigenvalue weighted by atomic mass is 10.0. The first-order valence-corrected chi connectivity index (χ1v) is 11.4. The number of carbonyl (C=O) groups excluding carboxylic acids is 2. The molecule has 2 atom stereocenters. The van der Waals surface area contributed by atoms with Crippen molar-refractivity contribution in [3.63, 3.8) is 0 Å². The number of nitrogen functional groups attached to an aromatic ring is 1. The summed E-state index contributed by atoms with van der Waals surface area (Å²) in [6, 6.07) is 11.7. The van der Waals surface area contributed by atoms with Crippen molar-refractivity contribution in [2.75, 3.05) is 17.6 Å². The molecule has 0 bridgehead atoms. The van der Waals surface area contributed by atoms with Crippen molar-refractivity contribution >= 4 is 45.9 Å². The Morgan fingerprint density at radius 1 is 1.21 bits per heavy atom. The number of rotatable bonds is 5. The second-order valence-corrected chi connectivity index (χ2v) is 8.76. The van der Waals surface area contributed by atoms with Crippen LogP contribution in [0.5, 0.6) is 0 Å². The summed E-state index contributed by atoms with van der Waals surface area (Å²) in [5.41, 5.74) is 8.26. The number of aromatic nitrogens is 2. The molecule has 33 heavy (non-hydrogen) atoms. The Morgan fingerprint density at radius 3 is 2.70 bits per heavy atom. The zero-order chi connectivity index (χ0) is 23.5. The van der Waals surface area contributed by atoms with Gasteiger partial charge in [0.15, 0.2) is 0 Å². The monoisotopic (exact) mass is 466 g/mol. The summed E-state index contributed by atoms with van der Waals surface area (Å²) < 4.78 is 0. The van der Waals surface area contributed by atoms with Crippen LogP contribution in [0.1, 0.15) is 32.3 Å². The second kappa shape index (κ2) is 9.62. The molecule has 0 saturated carbocycles. The molecular formula is C24H27ClN6O2. The van der Waals surface area contributed by atoms with Gasteiger partial charge in [0.2, 0.25) is 5.91 Å². The molecule has 3 N–H and O–H groups in total. The Labute approximate surface area is 197 Å². The number of amides is 3. The summed E-state index contributed by atoms with van der Waals surface area (Å²) in [6.45, 7) is 4.85. The van der Waals surface area contributed by atoms with Gasteiger partial charge in [-0.15, -0.1) is 0 Å². The number of anilines is 2. The maximum absolute atomic E-state index is 13.5. The average molecular weight is 467 g/mol. The fourth-order valence-corrected chi connectivity index (χ4v) is 4.34. The lowest BCUT2D eigenvalue weighted by Crippen LogP contribution is -2.62. The van der Waals surface area contributed by atoms with Gasteiger partial charge in [-0.25, -0.2) is 14.8 Å². The maximum Gasteiger partial charge on any atom is 0.322 e. The highest BCUT2D eigenvalue weighted by Gasteiger charge is 2.40. The summed E-state index contributed by atoms with van der Waals surface area (Å²) in [5, 5.41) is 4.27. The lowest BCUT2D eigenvalue weighted by molar-refractivity contribution is -0.144. The predicted molar refractivity (Wildman–Crippen MR) is 130 cm³/mol. The number of urea groups is 1. The Balaban J connectivity index is 1.53. The molecule has 0 unspecified atom stereocenters. The van der Waals surface area contributed by atoms with Crippen LogP contribution in [0.4, 0.5) is 16.3 Å². The molecule has 0 aliphatic carbocycles. The molecule has 1 fully saturated rings. The Bertz CT molecular complexity index is 1170. The normalized spacial score (nSPS) is 18.6.